The first-order chi connectivity index (χ1) is 22.0. The first-order valence-corrected chi connectivity index (χ1v) is 15.1. The van der Waals surface area contributed by atoms with Gasteiger partial charge in [0.15, 0.2) is 5.79 Å². The predicted octanol–water partition coefficient (Wildman–Crippen LogP) is 4.42. The lowest BCUT2D eigenvalue weighted by Gasteiger charge is -2.54. The number of urea groups is 1. The number of hydrogen-bond acceptors (Lipinski definition) is 8. The van der Waals surface area contributed by atoms with E-state index in [1.54, 1.807) is 19.2 Å². The number of esters is 1. The molecule has 3 rings (SSSR count). The molecule has 3 amide bonds. The number of methoxy groups -OCH3 is 1. The monoisotopic (exact) mass is 657 g/mol. The van der Waals surface area contributed by atoms with Crippen molar-refractivity contribution in [3.05, 3.63) is 76.5 Å². The van der Waals surface area contributed by atoms with E-state index in [1.165, 1.54) is 47.9 Å². The number of carbonyl (C=O) groups is 3. The molecule has 1 aliphatic heterocycles. The molecule has 1 aliphatic rings. The summed E-state index contributed by atoms with van der Waals surface area (Å²) in [7, 11) is 6.75. The van der Waals surface area contributed by atoms with Gasteiger partial charge in [0.05, 0.1) is 42.5 Å². The lowest BCUT2D eigenvalue weighted by atomic mass is 9.89. The van der Waals surface area contributed by atoms with Crippen molar-refractivity contribution in [2.45, 2.75) is 51.1 Å². The molecular formula is C33H42F3N7O4. The van der Waals surface area contributed by atoms with Crippen LogP contribution in [-0.4, -0.2) is 86.3 Å². The standard InChI is InChI=1S/C33H42F3N7O4/c1-22-28(30(45)47-6)29(24-15-13-23(20-37)14-16-24)43(31(46)39-21-27(44)41(5)18-9-7-8-17-40(3)4)32(2,38)42(22)26-12-10-11-25(19-26)33(34,35)36/h10-16,19,29H,7-9,17-18,21,38H2,1-6H3,(H,39,46). The summed E-state index contributed by atoms with van der Waals surface area (Å²) in [4.78, 5) is 46.4. The van der Waals surface area contributed by atoms with E-state index in [0.29, 0.717) is 17.7 Å². The summed E-state index contributed by atoms with van der Waals surface area (Å²) >= 11 is 0. The number of carbonyl (C=O) groups excluding carboxylic acids is 3. The van der Waals surface area contributed by atoms with Crippen LogP contribution in [0.25, 0.3) is 0 Å². The van der Waals surface area contributed by atoms with Crippen molar-refractivity contribution in [2.75, 3.05) is 52.8 Å². The smallest absolute Gasteiger partial charge is 0.416 e. The summed E-state index contributed by atoms with van der Waals surface area (Å²) < 4.78 is 46.4. The zero-order valence-corrected chi connectivity index (χ0v) is 27.5. The summed E-state index contributed by atoms with van der Waals surface area (Å²) in [6.45, 7) is 3.93. The van der Waals surface area contributed by atoms with Crippen LogP contribution in [0.3, 0.4) is 0 Å². The van der Waals surface area contributed by atoms with E-state index in [-0.39, 0.29) is 22.9 Å². The van der Waals surface area contributed by atoms with Crippen LogP contribution >= 0.6 is 0 Å². The van der Waals surface area contributed by atoms with Crippen molar-refractivity contribution in [2.24, 2.45) is 5.73 Å². The average molecular weight is 658 g/mol. The third-order valence-electron chi connectivity index (χ3n) is 8.02. The van der Waals surface area contributed by atoms with Crippen molar-refractivity contribution >= 4 is 23.6 Å². The fourth-order valence-electron chi connectivity index (χ4n) is 5.63. The Labute approximate surface area is 273 Å². The molecule has 0 spiro atoms. The van der Waals surface area contributed by atoms with E-state index in [2.05, 4.69) is 10.2 Å². The number of benzene rings is 2. The second kappa shape index (κ2) is 15.3. The Kier molecular flexibility index (Phi) is 12.0. The molecule has 2 aromatic rings. The van der Waals surface area contributed by atoms with Gasteiger partial charge in [0.25, 0.3) is 0 Å². The fraction of sp³-hybridized carbons (Fsp3) is 0.455. The minimum atomic E-state index is -4.68. The third-order valence-corrected chi connectivity index (χ3v) is 8.02. The third kappa shape index (κ3) is 8.60. The van der Waals surface area contributed by atoms with Crippen molar-refractivity contribution in [1.29, 1.82) is 5.26 Å². The van der Waals surface area contributed by atoms with Gasteiger partial charge in [0.1, 0.15) is 0 Å². The summed E-state index contributed by atoms with van der Waals surface area (Å²) in [5.74, 6) is -3.12. The van der Waals surface area contributed by atoms with Crippen LogP contribution in [0.1, 0.15) is 55.8 Å². The first-order valence-electron chi connectivity index (χ1n) is 15.1. The topological polar surface area (TPSA) is 135 Å². The Morgan fingerprint density at radius 2 is 1.70 bits per heavy atom. The molecule has 0 radical (unpaired) electrons. The molecule has 3 N–H and O–H groups in total. The van der Waals surface area contributed by atoms with Crippen LogP contribution in [0.15, 0.2) is 59.8 Å². The van der Waals surface area contributed by atoms with E-state index < -0.39 is 42.1 Å². The van der Waals surface area contributed by atoms with Crippen LogP contribution in [0.4, 0.5) is 23.7 Å². The molecule has 11 nitrogen and oxygen atoms in total. The number of allylic oxidation sites excluding steroid dienone is 1. The minimum absolute atomic E-state index is 0.0371. The second-order valence-corrected chi connectivity index (χ2v) is 11.8. The summed E-state index contributed by atoms with van der Waals surface area (Å²) in [6, 6.07) is 10.4. The van der Waals surface area contributed by atoms with Crippen LogP contribution in [0.5, 0.6) is 0 Å². The summed E-state index contributed by atoms with van der Waals surface area (Å²) in [5.41, 5.74) is 6.65. The molecule has 2 atom stereocenters. The van der Waals surface area contributed by atoms with Crippen molar-refractivity contribution in [3.8, 4) is 6.07 Å². The highest BCUT2D eigenvalue weighted by Crippen LogP contribution is 2.45. The summed E-state index contributed by atoms with van der Waals surface area (Å²) in [6.07, 6.45) is -2.01. The highest BCUT2D eigenvalue weighted by Gasteiger charge is 2.51. The Bertz CT molecular complexity index is 1520. The van der Waals surface area contributed by atoms with Gasteiger partial charge in [-0.15, -0.1) is 0 Å². The quantitative estimate of drug-likeness (QED) is 0.268. The second-order valence-electron chi connectivity index (χ2n) is 11.8. The molecule has 2 aromatic carbocycles. The number of amides is 3. The van der Waals surface area contributed by atoms with E-state index in [1.807, 2.05) is 20.2 Å². The first kappa shape index (κ1) is 36.9. The molecule has 0 saturated carbocycles. The maximum atomic E-state index is 14.1. The number of ether oxygens (including phenoxy) is 1. The predicted molar refractivity (Wildman–Crippen MR) is 170 cm³/mol. The zero-order valence-electron chi connectivity index (χ0n) is 27.5. The number of hydrogen-bond donors (Lipinski definition) is 2. The van der Waals surface area contributed by atoms with Gasteiger partial charge in [-0.05, 0) is 83.2 Å². The molecule has 47 heavy (non-hydrogen) atoms. The molecule has 0 bridgehead atoms. The molecule has 2 unspecified atom stereocenters. The Morgan fingerprint density at radius 1 is 1.06 bits per heavy atom. The molecule has 0 aliphatic carbocycles. The molecule has 0 fully saturated rings. The molecule has 1 heterocycles. The molecule has 0 saturated heterocycles. The van der Waals surface area contributed by atoms with Gasteiger partial charge in [0.2, 0.25) is 5.91 Å². The number of nitrogens with one attached hydrogen (secondary N) is 1. The highest BCUT2D eigenvalue weighted by molar-refractivity contribution is 5.95. The van der Waals surface area contributed by atoms with Gasteiger partial charge in [-0.3, -0.25) is 15.4 Å². The minimum Gasteiger partial charge on any atom is -0.466 e. The van der Waals surface area contributed by atoms with E-state index in [4.69, 9.17) is 10.5 Å². The maximum absolute atomic E-state index is 14.1. The van der Waals surface area contributed by atoms with Gasteiger partial charge in [0, 0.05) is 25.0 Å². The summed E-state index contributed by atoms with van der Waals surface area (Å²) in [5, 5.41) is 11.9. The van der Waals surface area contributed by atoms with E-state index in [9.17, 15) is 32.8 Å². The lowest BCUT2D eigenvalue weighted by molar-refractivity contribution is -0.138. The number of nitrogens with two attached hydrogens (primary N) is 1. The zero-order chi connectivity index (χ0) is 35.1. The van der Waals surface area contributed by atoms with Gasteiger partial charge >= 0.3 is 18.2 Å². The molecule has 0 aromatic heterocycles. The SMILES string of the molecule is COC(=O)C1=C(C)N(c2cccc(C(F)(F)F)c2)C(C)(N)N(C(=O)NCC(=O)N(C)CCCCCN(C)C)C1c1ccc(C#N)cc1. The van der Waals surface area contributed by atoms with Gasteiger partial charge in [-0.1, -0.05) is 24.6 Å². The Balaban J connectivity index is 2.06. The number of alkyl halides is 3. The number of anilines is 1. The largest absolute Gasteiger partial charge is 0.466 e. The van der Waals surface area contributed by atoms with Crippen LogP contribution < -0.4 is 16.0 Å². The van der Waals surface area contributed by atoms with E-state index >= 15 is 0 Å². The number of nitrogens with zero attached hydrogens (tertiary/aromatic N) is 5. The van der Waals surface area contributed by atoms with Crippen molar-refractivity contribution < 1.29 is 32.3 Å². The van der Waals surface area contributed by atoms with Gasteiger partial charge < -0.3 is 24.8 Å². The Hall–Kier alpha value is -4.61. The van der Waals surface area contributed by atoms with Crippen LogP contribution in [0.2, 0.25) is 0 Å². The molecule has 254 valence electrons. The molecular weight excluding hydrogens is 615 g/mol. The van der Waals surface area contributed by atoms with E-state index in [0.717, 1.165) is 49.9 Å². The fourth-order valence-corrected chi connectivity index (χ4v) is 5.63. The number of likely N-dealkylation sites (N-methyl/N-ethyl adjacent to an activating group) is 1. The van der Waals surface area contributed by atoms with Gasteiger partial charge in [-0.25, -0.2) is 9.59 Å². The van der Waals surface area contributed by atoms with Crippen LogP contribution in [-0.2, 0) is 20.5 Å². The number of halogens is 3. The van der Waals surface area contributed by atoms with Gasteiger partial charge in [-0.2, -0.15) is 18.4 Å². The highest BCUT2D eigenvalue weighted by atomic mass is 19.4. The normalized spacial score (nSPS) is 18.2. The molecule has 14 heteroatoms. The van der Waals surface area contributed by atoms with Crippen LogP contribution in [0, 0.1) is 11.3 Å². The Morgan fingerprint density at radius 3 is 2.28 bits per heavy atom. The average Bonchev–Trinajstić information content (AvgIpc) is 3.01. The van der Waals surface area contributed by atoms with Crippen molar-refractivity contribution in [3.63, 3.8) is 0 Å². The van der Waals surface area contributed by atoms with Crippen molar-refractivity contribution in [1.82, 2.24) is 20.0 Å². The maximum Gasteiger partial charge on any atom is 0.416 e. The number of rotatable bonds is 11. The number of unbranched alkanes of at least 4 members (excludes halogenated alkanes) is 2. The number of nitriles is 1. The lowest BCUT2D eigenvalue weighted by Crippen LogP contribution is -2.71.